The summed E-state index contributed by atoms with van der Waals surface area (Å²) in [6.45, 7) is 9.34. The highest BCUT2D eigenvalue weighted by molar-refractivity contribution is 7.51. The zero-order valence-corrected chi connectivity index (χ0v) is 26.1. The highest BCUT2D eigenvalue weighted by Gasteiger charge is 2.53. The van der Waals surface area contributed by atoms with Gasteiger partial charge in [0, 0.05) is 39.8 Å². The van der Waals surface area contributed by atoms with Crippen molar-refractivity contribution in [1.29, 1.82) is 0 Å². The van der Waals surface area contributed by atoms with Crippen molar-refractivity contribution in [3.8, 4) is 0 Å². The molecule has 11 nitrogen and oxygen atoms in total. The van der Waals surface area contributed by atoms with Gasteiger partial charge in [-0.25, -0.2) is 9.65 Å². The largest absolute Gasteiger partial charge is 0.461 e. The first kappa shape index (κ1) is 33.2. The van der Waals surface area contributed by atoms with Gasteiger partial charge >= 0.3 is 13.7 Å². The second-order valence-corrected chi connectivity index (χ2v) is 12.7. The van der Waals surface area contributed by atoms with Gasteiger partial charge in [-0.15, -0.1) is 0 Å². The molecule has 1 spiro atoms. The molecule has 2 saturated heterocycles. The number of amides is 2. The first-order valence-electron chi connectivity index (χ1n) is 14.8. The van der Waals surface area contributed by atoms with Gasteiger partial charge in [0.2, 0.25) is 11.8 Å². The Morgan fingerprint density at radius 3 is 2.39 bits per heavy atom. The lowest BCUT2D eigenvalue weighted by Gasteiger charge is -2.47. The van der Waals surface area contributed by atoms with Crippen LogP contribution in [0.4, 0.5) is 0 Å². The first-order valence-corrected chi connectivity index (χ1v) is 16.3. The van der Waals surface area contributed by atoms with E-state index >= 15 is 0 Å². The fourth-order valence-corrected chi connectivity index (χ4v) is 6.69. The van der Waals surface area contributed by atoms with Gasteiger partial charge in [0.15, 0.2) is 0 Å². The number of likely N-dealkylation sites (N-methyl/N-ethyl adjacent to an activating group) is 1. The van der Waals surface area contributed by atoms with Gasteiger partial charge in [-0.2, -0.15) is 0 Å². The molecule has 0 saturated carbocycles. The predicted molar refractivity (Wildman–Crippen MR) is 156 cm³/mol. The summed E-state index contributed by atoms with van der Waals surface area (Å²) in [5.41, 5.74) is 0.274. The van der Waals surface area contributed by atoms with Crippen LogP contribution in [0.25, 0.3) is 0 Å². The molecule has 0 aliphatic carbocycles. The topological polar surface area (TPSA) is 118 Å². The van der Waals surface area contributed by atoms with Crippen LogP contribution in [-0.2, 0) is 39.3 Å². The number of nitrogens with zero attached hydrogens (tertiary/aromatic N) is 3. The summed E-state index contributed by atoms with van der Waals surface area (Å²) in [6, 6.07) is 9.02. The van der Waals surface area contributed by atoms with Crippen LogP contribution in [0.5, 0.6) is 0 Å². The van der Waals surface area contributed by atoms with E-state index in [2.05, 4.69) is 9.99 Å². The second-order valence-electron chi connectivity index (χ2n) is 10.9. The van der Waals surface area contributed by atoms with E-state index < -0.39 is 31.9 Å². The molecule has 2 amide bonds. The Balaban J connectivity index is 1.68. The maximum Gasteiger partial charge on any atom is 0.406 e. The minimum atomic E-state index is -4.02. The van der Waals surface area contributed by atoms with Crippen molar-refractivity contribution >= 4 is 25.5 Å². The van der Waals surface area contributed by atoms with Gasteiger partial charge in [-0.05, 0) is 38.2 Å². The Labute approximate surface area is 244 Å². The summed E-state index contributed by atoms with van der Waals surface area (Å²) in [5.74, 6) is -0.959. The minimum absolute atomic E-state index is 0.00751. The Hall–Kier alpha value is -2.30. The molecule has 230 valence electrons. The SMILES string of the molecule is CCCCOP(=O)(NC(C)C(=O)OC(CC)CC)OCC(=O)N1CCN(Cc2ccccc2)C2(CCN(C)C2=O)C1. The van der Waals surface area contributed by atoms with Crippen molar-refractivity contribution in [3.63, 3.8) is 0 Å². The van der Waals surface area contributed by atoms with E-state index in [0.717, 1.165) is 12.0 Å². The average Bonchev–Trinajstić information content (AvgIpc) is 3.25. The van der Waals surface area contributed by atoms with Crippen molar-refractivity contribution in [2.45, 2.75) is 84.0 Å². The number of nitrogens with one attached hydrogen (secondary N) is 1. The second kappa shape index (κ2) is 15.3. The molecule has 2 fully saturated rings. The van der Waals surface area contributed by atoms with E-state index in [0.29, 0.717) is 51.9 Å². The molecule has 3 atom stereocenters. The molecule has 41 heavy (non-hydrogen) atoms. The Kier molecular flexibility index (Phi) is 12.4. The molecule has 1 aromatic rings. The van der Waals surface area contributed by atoms with E-state index in [9.17, 15) is 18.9 Å². The van der Waals surface area contributed by atoms with Crippen LogP contribution in [0.3, 0.4) is 0 Å². The number of esters is 1. The zero-order valence-electron chi connectivity index (χ0n) is 25.2. The zero-order chi connectivity index (χ0) is 30.0. The van der Waals surface area contributed by atoms with Crippen molar-refractivity contribution in [1.82, 2.24) is 19.8 Å². The molecule has 2 aliphatic heterocycles. The molecular weight excluding hydrogens is 547 g/mol. The number of benzene rings is 1. The first-order chi connectivity index (χ1) is 19.6. The maximum absolute atomic E-state index is 13.6. The van der Waals surface area contributed by atoms with E-state index in [1.54, 1.807) is 16.8 Å². The molecule has 3 rings (SSSR count). The lowest BCUT2D eigenvalue weighted by molar-refractivity contribution is -0.151. The van der Waals surface area contributed by atoms with Crippen LogP contribution in [0.1, 0.15) is 65.4 Å². The van der Waals surface area contributed by atoms with Crippen LogP contribution in [0, 0.1) is 0 Å². The highest BCUT2D eigenvalue weighted by atomic mass is 31.2. The molecule has 0 bridgehead atoms. The summed E-state index contributed by atoms with van der Waals surface area (Å²) in [7, 11) is -2.24. The molecular formula is C29H47N4O7P. The number of rotatable bonds is 15. The third-order valence-corrected chi connectivity index (χ3v) is 9.58. The molecule has 1 N–H and O–H groups in total. The van der Waals surface area contributed by atoms with Gasteiger partial charge < -0.3 is 14.5 Å². The molecule has 2 heterocycles. The van der Waals surface area contributed by atoms with E-state index in [1.165, 1.54) is 6.92 Å². The summed E-state index contributed by atoms with van der Waals surface area (Å²) < 4.78 is 30.3. The van der Waals surface area contributed by atoms with E-state index in [1.807, 2.05) is 51.1 Å². The van der Waals surface area contributed by atoms with Gasteiger partial charge in [-0.3, -0.25) is 28.3 Å². The fraction of sp³-hybridized carbons (Fsp3) is 0.690. The lowest BCUT2D eigenvalue weighted by atomic mass is 9.91. The molecule has 2 aliphatic rings. The predicted octanol–water partition coefficient (Wildman–Crippen LogP) is 3.58. The van der Waals surface area contributed by atoms with Crippen molar-refractivity contribution in [2.24, 2.45) is 0 Å². The third kappa shape index (κ3) is 8.61. The number of hydrogen-bond acceptors (Lipinski definition) is 8. The molecule has 0 aromatic heterocycles. The van der Waals surface area contributed by atoms with Gasteiger partial charge in [0.1, 0.15) is 24.3 Å². The van der Waals surface area contributed by atoms with Crippen molar-refractivity contribution in [2.75, 3.05) is 46.4 Å². The molecule has 3 unspecified atom stereocenters. The number of likely N-dealkylation sites (tertiary alicyclic amines) is 1. The van der Waals surface area contributed by atoms with Crippen LogP contribution in [0.15, 0.2) is 30.3 Å². The number of carbonyl (C=O) groups excluding carboxylic acids is 3. The summed E-state index contributed by atoms with van der Waals surface area (Å²) in [5, 5.41) is 2.66. The standard InChI is InChI=1S/C29H47N4O7P/c1-6-9-19-38-41(37,30-23(4)27(35)40-25(7-2)8-3)39-21-26(34)32-17-18-33(20-24-13-11-10-12-14-24)29(22-32)15-16-31(5)28(29)36/h10-14,23,25H,6-9,15-22H2,1-5H3,(H,30,37). The van der Waals surface area contributed by atoms with Crippen molar-refractivity contribution in [3.05, 3.63) is 35.9 Å². The van der Waals surface area contributed by atoms with Gasteiger partial charge in [-0.1, -0.05) is 57.5 Å². The lowest BCUT2D eigenvalue weighted by Crippen LogP contribution is -2.66. The summed E-state index contributed by atoms with van der Waals surface area (Å²) >= 11 is 0. The maximum atomic E-state index is 13.6. The summed E-state index contributed by atoms with van der Waals surface area (Å²) in [4.78, 5) is 44.9. The van der Waals surface area contributed by atoms with Gasteiger partial charge in [0.25, 0.3) is 0 Å². The normalized spacial score (nSPS) is 21.9. The third-order valence-electron chi connectivity index (χ3n) is 7.89. The highest BCUT2D eigenvalue weighted by Crippen LogP contribution is 2.45. The fourth-order valence-electron chi connectivity index (χ4n) is 5.24. The Morgan fingerprint density at radius 1 is 1.07 bits per heavy atom. The van der Waals surface area contributed by atoms with Gasteiger partial charge in [0.05, 0.1) is 6.61 Å². The number of ether oxygens (including phenoxy) is 1. The van der Waals surface area contributed by atoms with Crippen LogP contribution >= 0.6 is 7.75 Å². The van der Waals surface area contributed by atoms with E-state index in [-0.39, 0.29) is 31.1 Å². The summed E-state index contributed by atoms with van der Waals surface area (Å²) in [6.07, 6.45) is 3.15. The number of unbranched alkanes of at least 4 members (excludes halogenated alkanes) is 1. The minimum Gasteiger partial charge on any atom is -0.461 e. The van der Waals surface area contributed by atoms with Crippen molar-refractivity contribution < 1.29 is 32.7 Å². The van der Waals surface area contributed by atoms with Crippen LogP contribution in [-0.4, -0.2) is 96.6 Å². The Bertz CT molecular complexity index is 1070. The molecule has 0 radical (unpaired) electrons. The quantitative estimate of drug-likeness (QED) is 0.185. The number of hydrogen-bond donors (Lipinski definition) is 1. The van der Waals surface area contributed by atoms with Crippen LogP contribution < -0.4 is 5.09 Å². The van der Waals surface area contributed by atoms with Crippen LogP contribution in [0.2, 0.25) is 0 Å². The van der Waals surface area contributed by atoms with E-state index in [4.69, 9.17) is 13.8 Å². The molecule has 12 heteroatoms. The monoisotopic (exact) mass is 594 g/mol. The number of carbonyl (C=O) groups is 3. The number of piperazine rings is 1. The average molecular weight is 595 g/mol. The smallest absolute Gasteiger partial charge is 0.406 e. The Morgan fingerprint density at radius 2 is 1.78 bits per heavy atom. The molecule has 1 aromatic carbocycles.